The fraction of sp³-hybridized carbons (Fsp3) is 0.222. The molecule has 0 aliphatic rings. The topological polar surface area (TPSA) is 54.0 Å². The largest absolute Gasteiger partial charge is 0.273 e. The molecule has 2 N–H and O–H groups in total. The summed E-state index contributed by atoms with van der Waals surface area (Å²) in [5.74, 6) is -0.158. The van der Waals surface area contributed by atoms with Crippen LogP contribution in [-0.4, -0.2) is 10.9 Å². The number of nitrogens with zero attached hydrogens (tertiary/aromatic N) is 1. The van der Waals surface area contributed by atoms with Crippen molar-refractivity contribution in [2.45, 2.75) is 27.7 Å². The number of nitrogens with one attached hydrogen (secondary N) is 2. The fourth-order valence-electron chi connectivity index (χ4n) is 2.68. The number of hydrazine groups is 1. The van der Waals surface area contributed by atoms with E-state index in [1.807, 2.05) is 32.0 Å². The number of aromatic nitrogens is 1. The molecule has 118 valence electrons. The van der Waals surface area contributed by atoms with Crippen molar-refractivity contribution in [3.05, 3.63) is 58.1 Å². The van der Waals surface area contributed by atoms with E-state index in [1.54, 1.807) is 0 Å². The smallest absolute Gasteiger partial charge is 0.269 e. The molecule has 0 radical (unpaired) electrons. The van der Waals surface area contributed by atoms with Crippen molar-refractivity contribution in [3.63, 3.8) is 0 Å². The Morgan fingerprint density at radius 2 is 1.74 bits per heavy atom. The number of hydrogen-bond acceptors (Lipinski definition) is 4. The third-order valence-corrected chi connectivity index (χ3v) is 4.85. The van der Waals surface area contributed by atoms with Gasteiger partial charge in [0.25, 0.3) is 5.91 Å². The molecule has 0 saturated carbocycles. The van der Waals surface area contributed by atoms with Crippen molar-refractivity contribution in [2.75, 3.05) is 5.43 Å². The van der Waals surface area contributed by atoms with Crippen molar-refractivity contribution in [2.24, 2.45) is 0 Å². The third-order valence-electron chi connectivity index (χ3n) is 3.73. The molecular formula is C18H19N3OS. The molecule has 0 saturated heterocycles. The standard InChI is InChI=1S/C18H19N3OS/c1-10-5-6-14(12(3)7-10)17(22)20-21-18-19-15-9-11(2)8-13(4)16(15)23-18/h5-9H,1-4H3,(H,19,21)(H,20,22). The summed E-state index contributed by atoms with van der Waals surface area (Å²) in [6.45, 7) is 8.08. The van der Waals surface area contributed by atoms with Crippen molar-refractivity contribution < 1.29 is 4.79 Å². The van der Waals surface area contributed by atoms with Gasteiger partial charge in [0.1, 0.15) is 0 Å². The molecule has 0 atom stereocenters. The molecule has 0 unspecified atom stereocenters. The molecule has 3 aromatic rings. The van der Waals surface area contributed by atoms with Crippen LogP contribution in [0.3, 0.4) is 0 Å². The van der Waals surface area contributed by atoms with Gasteiger partial charge in [-0.2, -0.15) is 0 Å². The minimum absolute atomic E-state index is 0.158. The number of amides is 1. The summed E-state index contributed by atoms with van der Waals surface area (Å²) in [7, 11) is 0. The maximum atomic E-state index is 12.3. The van der Waals surface area contributed by atoms with Crippen LogP contribution in [0.1, 0.15) is 32.6 Å². The normalized spacial score (nSPS) is 10.8. The number of carbonyl (C=O) groups excluding carboxylic acids is 1. The van der Waals surface area contributed by atoms with Crippen LogP contribution in [0, 0.1) is 27.7 Å². The van der Waals surface area contributed by atoms with Crippen molar-refractivity contribution in [3.8, 4) is 0 Å². The van der Waals surface area contributed by atoms with E-state index in [2.05, 4.69) is 41.8 Å². The second kappa shape index (κ2) is 6.01. The molecule has 2 aromatic carbocycles. The number of hydrogen-bond donors (Lipinski definition) is 2. The highest BCUT2D eigenvalue weighted by molar-refractivity contribution is 7.22. The first-order valence-electron chi connectivity index (χ1n) is 7.45. The lowest BCUT2D eigenvalue weighted by Gasteiger charge is -2.08. The van der Waals surface area contributed by atoms with Crippen molar-refractivity contribution in [1.82, 2.24) is 10.4 Å². The average molecular weight is 325 g/mol. The molecule has 5 heteroatoms. The lowest BCUT2D eigenvalue weighted by Crippen LogP contribution is -2.29. The summed E-state index contributed by atoms with van der Waals surface area (Å²) < 4.78 is 1.14. The minimum atomic E-state index is -0.158. The summed E-state index contributed by atoms with van der Waals surface area (Å²) >= 11 is 1.54. The number of benzene rings is 2. The molecule has 1 aromatic heterocycles. The van der Waals surface area contributed by atoms with Crippen molar-refractivity contribution in [1.29, 1.82) is 0 Å². The van der Waals surface area contributed by atoms with Gasteiger partial charge in [-0.1, -0.05) is 35.1 Å². The Balaban J connectivity index is 1.78. The minimum Gasteiger partial charge on any atom is -0.273 e. The van der Waals surface area contributed by atoms with Gasteiger partial charge in [0.15, 0.2) is 0 Å². The highest BCUT2D eigenvalue weighted by Crippen LogP contribution is 2.29. The molecule has 0 aliphatic heterocycles. The lowest BCUT2D eigenvalue weighted by atomic mass is 10.1. The van der Waals surface area contributed by atoms with Gasteiger partial charge in [0.2, 0.25) is 5.13 Å². The highest BCUT2D eigenvalue weighted by Gasteiger charge is 2.11. The van der Waals surface area contributed by atoms with E-state index >= 15 is 0 Å². The van der Waals surface area contributed by atoms with Crippen LogP contribution in [0.25, 0.3) is 10.2 Å². The maximum absolute atomic E-state index is 12.3. The SMILES string of the molecule is Cc1ccc(C(=O)NNc2nc3cc(C)cc(C)c3s2)c(C)c1. The van der Waals surface area contributed by atoms with Crippen LogP contribution >= 0.6 is 11.3 Å². The zero-order chi connectivity index (χ0) is 16.6. The van der Waals surface area contributed by atoms with Gasteiger partial charge in [0, 0.05) is 5.56 Å². The summed E-state index contributed by atoms with van der Waals surface area (Å²) in [5.41, 5.74) is 11.8. The van der Waals surface area contributed by atoms with Gasteiger partial charge in [0.05, 0.1) is 10.2 Å². The molecule has 0 aliphatic carbocycles. The van der Waals surface area contributed by atoms with E-state index in [1.165, 1.54) is 22.5 Å². The molecule has 23 heavy (non-hydrogen) atoms. The molecule has 1 heterocycles. The number of thiazole rings is 1. The zero-order valence-corrected chi connectivity index (χ0v) is 14.5. The molecule has 0 fully saturated rings. The monoisotopic (exact) mass is 325 g/mol. The Kier molecular flexibility index (Phi) is 4.05. The van der Waals surface area contributed by atoms with E-state index in [0.717, 1.165) is 21.3 Å². The highest BCUT2D eigenvalue weighted by atomic mass is 32.1. The number of aryl methyl sites for hydroxylation is 4. The summed E-state index contributed by atoms with van der Waals surface area (Å²) in [6, 6.07) is 9.96. The van der Waals surface area contributed by atoms with Gasteiger partial charge >= 0.3 is 0 Å². The average Bonchev–Trinajstić information content (AvgIpc) is 2.88. The molecular weight excluding hydrogens is 306 g/mol. The molecule has 0 spiro atoms. The fourth-order valence-corrected chi connectivity index (χ4v) is 3.54. The number of carbonyl (C=O) groups is 1. The van der Waals surface area contributed by atoms with E-state index < -0.39 is 0 Å². The number of anilines is 1. The first-order chi connectivity index (χ1) is 10.9. The van der Waals surface area contributed by atoms with Crippen LogP contribution in [-0.2, 0) is 0 Å². The Labute approximate surface area is 139 Å². The van der Waals surface area contributed by atoms with Gasteiger partial charge in [-0.3, -0.25) is 15.6 Å². The van der Waals surface area contributed by atoms with Gasteiger partial charge in [-0.25, -0.2) is 4.98 Å². The second-order valence-corrected chi connectivity index (χ2v) is 6.85. The third kappa shape index (κ3) is 3.19. The molecule has 4 nitrogen and oxygen atoms in total. The first kappa shape index (κ1) is 15.5. The Bertz CT molecular complexity index is 899. The van der Waals surface area contributed by atoms with E-state index in [4.69, 9.17) is 0 Å². The van der Waals surface area contributed by atoms with Gasteiger partial charge in [-0.05, 0) is 56.5 Å². The molecule has 3 rings (SSSR count). The van der Waals surface area contributed by atoms with Crippen LogP contribution < -0.4 is 10.9 Å². The van der Waals surface area contributed by atoms with Gasteiger partial charge in [-0.15, -0.1) is 0 Å². The number of fused-ring (bicyclic) bond motifs is 1. The Morgan fingerprint density at radius 1 is 1.00 bits per heavy atom. The number of rotatable bonds is 3. The predicted octanol–water partition coefficient (Wildman–Crippen LogP) is 4.29. The van der Waals surface area contributed by atoms with Crippen LogP contribution in [0.5, 0.6) is 0 Å². The summed E-state index contributed by atoms with van der Waals surface area (Å²) in [6.07, 6.45) is 0. The summed E-state index contributed by atoms with van der Waals surface area (Å²) in [4.78, 5) is 16.8. The first-order valence-corrected chi connectivity index (χ1v) is 8.27. The van der Waals surface area contributed by atoms with E-state index in [0.29, 0.717) is 10.7 Å². The van der Waals surface area contributed by atoms with E-state index in [9.17, 15) is 4.79 Å². The van der Waals surface area contributed by atoms with Crippen LogP contribution in [0.15, 0.2) is 30.3 Å². The van der Waals surface area contributed by atoms with Gasteiger partial charge < -0.3 is 0 Å². The van der Waals surface area contributed by atoms with Crippen molar-refractivity contribution >= 4 is 32.6 Å². The molecule has 1 amide bonds. The Hall–Kier alpha value is -2.40. The second-order valence-electron chi connectivity index (χ2n) is 5.85. The Morgan fingerprint density at radius 3 is 2.48 bits per heavy atom. The molecule has 0 bridgehead atoms. The zero-order valence-electron chi connectivity index (χ0n) is 13.7. The quantitative estimate of drug-likeness (QED) is 0.706. The summed E-state index contributed by atoms with van der Waals surface area (Å²) in [5, 5.41) is 0.687. The predicted molar refractivity (Wildman–Crippen MR) is 96.1 cm³/mol. The van der Waals surface area contributed by atoms with Crippen LogP contribution in [0.2, 0.25) is 0 Å². The van der Waals surface area contributed by atoms with E-state index in [-0.39, 0.29) is 5.91 Å². The van der Waals surface area contributed by atoms with Crippen LogP contribution in [0.4, 0.5) is 5.13 Å². The maximum Gasteiger partial charge on any atom is 0.269 e. The lowest BCUT2D eigenvalue weighted by molar-refractivity contribution is 0.0962.